The van der Waals surface area contributed by atoms with Gasteiger partial charge in [-0.05, 0) is 101 Å². The molecule has 2 nitrogen and oxygen atoms in total. The van der Waals surface area contributed by atoms with Crippen LogP contribution in [0, 0.1) is 13.8 Å². The van der Waals surface area contributed by atoms with E-state index in [1.807, 2.05) is 0 Å². The first-order valence-corrected chi connectivity index (χ1v) is 40.4. The predicted octanol–water partition coefficient (Wildman–Crippen LogP) is 30.0. The quantitative estimate of drug-likeness (QED) is 0.0358. The summed E-state index contributed by atoms with van der Waals surface area (Å²) in [5.74, 6) is 0. The van der Waals surface area contributed by atoms with Crippen molar-refractivity contribution in [3.05, 3.63) is 86.5 Å². The van der Waals surface area contributed by atoms with Gasteiger partial charge in [-0.25, -0.2) is 4.70 Å². The molecule has 0 saturated heterocycles. The molecule has 0 atom stereocenters. The van der Waals surface area contributed by atoms with Gasteiger partial charge in [0.05, 0.1) is 0 Å². The summed E-state index contributed by atoms with van der Waals surface area (Å²) < 4.78 is 1.59. The van der Waals surface area contributed by atoms with Crippen LogP contribution in [0.4, 0.5) is 0 Å². The number of aryl methyl sites for hydroxylation is 4. The first-order chi connectivity index (χ1) is 42.3. The van der Waals surface area contributed by atoms with Gasteiger partial charge in [-0.1, -0.05) is 238 Å². The number of benzene rings is 2. The molecule has 0 unspecified atom stereocenters. The molecule has 0 amide bonds. The average molecular weight is 1230 g/mol. The zero-order chi connectivity index (χ0) is 62.0. The van der Waals surface area contributed by atoms with Crippen molar-refractivity contribution in [1.82, 2.24) is 0 Å². The van der Waals surface area contributed by atoms with Crippen LogP contribution in [0.1, 0.15) is 428 Å². The van der Waals surface area contributed by atoms with Crippen molar-refractivity contribution in [2.24, 2.45) is 0 Å². The second-order valence-electron chi connectivity index (χ2n) is 27.5. The number of allylic oxidation sites excluding steroid dienone is 2. The predicted molar refractivity (Wildman–Crippen MR) is 385 cm³/mol. The summed E-state index contributed by atoms with van der Waals surface area (Å²) in [7, 11) is 0. The Bertz CT molecular complexity index is 1830. The van der Waals surface area contributed by atoms with E-state index in [1.54, 1.807) is 4.70 Å². The first-order valence-electron chi connectivity index (χ1n) is 39.0. The molecule has 2 aromatic rings. The molecule has 0 fully saturated rings. The summed E-state index contributed by atoms with van der Waals surface area (Å²) in [5, 5.41) is 2.87. The van der Waals surface area contributed by atoms with Crippen molar-refractivity contribution >= 4 is 11.4 Å². The number of rotatable bonds is 61. The third-order valence-corrected chi connectivity index (χ3v) is 20.2. The maximum absolute atomic E-state index is 12.1. The van der Waals surface area contributed by atoms with Gasteiger partial charge in [-0.3, -0.25) is 0 Å². The van der Waals surface area contributed by atoms with Gasteiger partial charge in [-0.2, -0.15) is 0 Å². The second-order valence-corrected chi connectivity index (χ2v) is 29.0. The molecule has 1 heterocycles. The zero-order valence-electron chi connectivity index (χ0n) is 59.4. The Labute approximate surface area is 545 Å². The molecule has 0 radical (unpaired) electrons. The Morgan fingerprint density at radius 1 is 0.256 bits per heavy atom. The van der Waals surface area contributed by atoms with Crippen LogP contribution in [0.15, 0.2) is 47.5 Å². The Morgan fingerprint density at radius 3 is 0.779 bits per heavy atom. The fourth-order valence-electron chi connectivity index (χ4n) is 13.4. The molecule has 0 aromatic heterocycles. The number of nitrogens with zero attached hydrogens (tertiary/aromatic N) is 2. The average Bonchev–Trinajstić information content (AvgIpc) is 2.08. The van der Waals surface area contributed by atoms with E-state index in [0.29, 0.717) is 0 Å². The van der Waals surface area contributed by atoms with Gasteiger partial charge in [0.15, 0.2) is 0 Å². The summed E-state index contributed by atoms with van der Waals surface area (Å²) in [4.78, 5) is 0. The fraction of sp³-hybridized carbons (Fsp3) is 0.807. The molecule has 0 spiro atoms. The molecule has 0 bridgehead atoms. The monoisotopic (exact) mass is 1230 g/mol. The molecule has 0 aliphatic carbocycles. The minimum atomic E-state index is 1.02. The van der Waals surface area contributed by atoms with E-state index in [2.05, 4.69) is 106 Å². The minimum Gasteiger partial charge on any atom is -0.0654 e. The number of hydrogen-bond acceptors (Lipinski definition) is 0. The summed E-state index contributed by atoms with van der Waals surface area (Å²) in [5.41, 5.74) is 24.6. The van der Waals surface area contributed by atoms with Gasteiger partial charge < -0.3 is 5.53 Å². The Kier molecular flexibility index (Phi) is 55.3. The van der Waals surface area contributed by atoms with Crippen LogP contribution in [0.2, 0.25) is 10.8 Å². The third-order valence-electron chi connectivity index (χ3n) is 18.8. The van der Waals surface area contributed by atoms with Gasteiger partial charge in [0.1, 0.15) is 0 Å². The van der Waals surface area contributed by atoms with Crippen LogP contribution in [0.5, 0.6) is 0 Å². The molecule has 1 aliphatic rings. The van der Waals surface area contributed by atoms with E-state index >= 15 is 0 Å². The van der Waals surface area contributed by atoms with Gasteiger partial charge >= 0.3 is 166 Å². The van der Waals surface area contributed by atoms with E-state index < -0.39 is 0 Å². The maximum atomic E-state index is 12.1. The van der Waals surface area contributed by atoms with E-state index in [1.165, 1.54) is 384 Å². The van der Waals surface area contributed by atoms with Crippen molar-refractivity contribution in [3.8, 4) is 0 Å². The van der Waals surface area contributed by atoms with Gasteiger partial charge in [-0.15, -0.1) is 0 Å². The Hall–Kier alpha value is -1.99. The van der Waals surface area contributed by atoms with E-state index in [0.717, 1.165) is 49.1 Å². The Morgan fingerprint density at radius 2 is 0.488 bits per heavy atom. The molecule has 0 N–H and O–H groups in total. The zero-order valence-corrected chi connectivity index (χ0v) is 60.4. The normalized spacial score (nSPS) is 12.6. The molecule has 3 rings (SSSR count). The van der Waals surface area contributed by atoms with Crippen molar-refractivity contribution in [3.63, 3.8) is 0 Å². The van der Waals surface area contributed by atoms with Crippen LogP contribution in [0.25, 0.3) is 16.9 Å². The number of hydrogen-bond donors (Lipinski definition) is 0. The summed E-state index contributed by atoms with van der Waals surface area (Å²) in [6, 6.07) is 13.9. The molecule has 500 valence electrons. The molecule has 1 aliphatic heterocycles. The standard InChI is InChI=1S/C37H54N2.2C23H47.Ni/c1-7-11-15-17-21-35-34(20-16-12-8-2)36(32-23-28(5)22-29(6)24-32)39(38)37(35)33-26-30(18-13-9-3)25-31(27-33)19-14-10-4;2*1-3-5-7-9-11-13-15-17-19-21-23-22-20-18-16-14-12-10-8-6-4-2;/h22-27H,7-21H2,1-6H3;2*1,3-23H2,2H3;. The third kappa shape index (κ3) is 42.1. The van der Waals surface area contributed by atoms with Crippen LogP contribution in [0.3, 0.4) is 0 Å². The van der Waals surface area contributed by atoms with Gasteiger partial charge in [0.25, 0.3) is 0 Å². The molecular formula is C83H148N2Ni. The first kappa shape index (κ1) is 80.1. The minimum absolute atomic E-state index is 1.02. The molecular weight excluding hydrogens is 1080 g/mol. The van der Waals surface area contributed by atoms with Crippen LogP contribution in [-0.4, -0.2) is 4.70 Å². The number of unbranched alkanes of at least 4 members (excludes halogenated alkanes) is 47. The molecule has 2 aromatic carbocycles. The van der Waals surface area contributed by atoms with Crippen molar-refractivity contribution in [2.45, 2.75) is 432 Å². The van der Waals surface area contributed by atoms with Crippen molar-refractivity contribution in [1.29, 1.82) is 0 Å². The summed E-state index contributed by atoms with van der Waals surface area (Å²) in [6.45, 7) is 18.1. The van der Waals surface area contributed by atoms with E-state index in [4.69, 9.17) is 0 Å². The van der Waals surface area contributed by atoms with E-state index in [9.17, 15) is 5.53 Å². The fourth-order valence-corrected chi connectivity index (χ4v) is 14.6. The van der Waals surface area contributed by atoms with Gasteiger partial charge in [0, 0.05) is 22.3 Å². The SMILES string of the molecule is CCCCCCC1=C(c2cc(CCCC)cc(CCCC)c2)[N+](=[N-])C(c2cc(C)cc(C)c2)=C1CCCCC.CCCCCCCCCCCCCCCCCCCCCC[CH2][Ni][CH2]CCCCCCCCCCCCCCCCCCCCCC. The van der Waals surface area contributed by atoms with Crippen LogP contribution < -0.4 is 0 Å². The summed E-state index contributed by atoms with van der Waals surface area (Å²) in [6.07, 6.45) is 79.8. The van der Waals surface area contributed by atoms with Crippen LogP contribution >= 0.6 is 0 Å². The van der Waals surface area contributed by atoms with E-state index in [-0.39, 0.29) is 0 Å². The molecule has 3 heteroatoms. The topological polar surface area (TPSA) is 25.3 Å². The van der Waals surface area contributed by atoms with Crippen molar-refractivity contribution in [2.75, 3.05) is 0 Å². The Balaban J connectivity index is 0.000000595. The van der Waals surface area contributed by atoms with Gasteiger partial charge in [0.2, 0.25) is 11.4 Å². The molecule has 86 heavy (non-hydrogen) atoms. The molecule has 0 saturated carbocycles. The second kappa shape index (κ2) is 59.3. The van der Waals surface area contributed by atoms with Crippen LogP contribution in [-0.2, 0) is 27.3 Å². The van der Waals surface area contributed by atoms with Crippen molar-refractivity contribution < 1.29 is 19.1 Å². The smallest absolute Gasteiger partial charge is 0.0654 e. The summed E-state index contributed by atoms with van der Waals surface area (Å²) >= 11 is 2.05.